The van der Waals surface area contributed by atoms with Crippen LogP contribution in [0.25, 0.3) is 5.57 Å². The van der Waals surface area contributed by atoms with Crippen molar-refractivity contribution in [2.75, 3.05) is 6.54 Å². The van der Waals surface area contributed by atoms with Crippen molar-refractivity contribution in [2.45, 2.75) is 18.9 Å². The first-order valence-corrected chi connectivity index (χ1v) is 8.21. The van der Waals surface area contributed by atoms with Gasteiger partial charge in [-0.1, -0.05) is 42.5 Å². The number of amides is 1. The molecule has 1 heterocycles. The molecule has 4 heteroatoms. The van der Waals surface area contributed by atoms with E-state index in [1.165, 1.54) is 6.07 Å². The van der Waals surface area contributed by atoms with Crippen LogP contribution in [0.4, 0.5) is 8.78 Å². The summed E-state index contributed by atoms with van der Waals surface area (Å²) in [5.41, 5.74) is 1.78. The van der Waals surface area contributed by atoms with Crippen LogP contribution in [0, 0.1) is 11.6 Å². The fraction of sp³-hybridized carbons (Fsp3) is 0.190. The van der Waals surface area contributed by atoms with Crippen molar-refractivity contribution in [2.24, 2.45) is 0 Å². The van der Waals surface area contributed by atoms with Crippen molar-refractivity contribution >= 4 is 11.5 Å². The third-order valence-electron chi connectivity index (χ3n) is 4.33. The minimum atomic E-state index is -0.495. The van der Waals surface area contributed by atoms with Gasteiger partial charge in [-0.15, -0.1) is 6.58 Å². The van der Waals surface area contributed by atoms with E-state index in [1.54, 1.807) is 11.0 Å². The van der Waals surface area contributed by atoms with Crippen LogP contribution in [0.1, 0.15) is 30.0 Å². The first-order valence-electron chi connectivity index (χ1n) is 8.21. The largest absolute Gasteiger partial charge is 0.328 e. The van der Waals surface area contributed by atoms with E-state index in [2.05, 4.69) is 6.58 Å². The second-order valence-electron chi connectivity index (χ2n) is 6.02. The molecule has 1 atom stereocenters. The van der Waals surface area contributed by atoms with Crippen LogP contribution in [0.5, 0.6) is 0 Å². The van der Waals surface area contributed by atoms with Crippen molar-refractivity contribution in [3.63, 3.8) is 0 Å². The average Bonchev–Trinajstić information content (AvgIpc) is 3.07. The zero-order chi connectivity index (χ0) is 17.8. The van der Waals surface area contributed by atoms with Gasteiger partial charge < -0.3 is 4.90 Å². The molecule has 0 bridgehead atoms. The lowest BCUT2D eigenvalue weighted by Crippen LogP contribution is -2.31. The highest BCUT2D eigenvalue weighted by Gasteiger charge is 2.31. The number of hydrogen-bond acceptors (Lipinski definition) is 1. The third kappa shape index (κ3) is 3.68. The molecule has 0 N–H and O–H groups in total. The molecule has 0 aromatic heterocycles. The number of rotatable bonds is 5. The van der Waals surface area contributed by atoms with Gasteiger partial charge >= 0.3 is 0 Å². The summed E-state index contributed by atoms with van der Waals surface area (Å²) in [4.78, 5) is 14.3. The Labute approximate surface area is 146 Å². The molecule has 3 rings (SSSR count). The van der Waals surface area contributed by atoms with Gasteiger partial charge in [0.2, 0.25) is 5.91 Å². The van der Waals surface area contributed by atoms with Crippen LogP contribution in [0.15, 0.2) is 67.3 Å². The number of hydrogen-bond donors (Lipinski definition) is 0. The van der Waals surface area contributed by atoms with Gasteiger partial charge in [0, 0.05) is 18.5 Å². The number of carbonyl (C=O) groups excluding carboxylic acids is 1. The molecule has 2 nitrogen and oxygen atoms in total. The molecule has 0 fully saturated rings. The smallest absolute Gasteiger partial charge is 0.223 e. The number of halogens is 2. The van der Waals surface area contributed by atoms with E-state index in [0.717, 1.165) is 17.7 Å². The van der Waals surface area contributed by atoms with Gasteiger partial charge in [-0.05, 0) is 35.8 Å². The molecule has 1 aliphatic rings. The predicted octanol–water partition coefficient (Wildman–Crippen LogP) is 4.90. The van der Waals surface area contributed by atoms with Gasteiger partial charge in [-0.25, -0.2) is 8.78 Å². The fourth-order valence-electron chi connectivity index (χ4n) is 3.07. The van der Waals surface area contributed by atoms with E-state index in [1.807, 2.05) is 36.4 Å². The number of allylic oxidation sites excluding steroid dienone is 1. The molecular formula is C21H19F2NO. The third-order valence-corrected chi connectivity index (χ3v) is 4.33. The second kappa shape index (κ2) is 7.43. The summed E-state index contributed by atoms with van der Waals surface area (Å²) in [5, 5.41) is 0. The van der Waals surface area contributed by atoms with Gasteiger partial charge in [-0.2, -0.15) is 0 Å². The summed E-state index contributed by atoms with van der Waals surface area (Å²) in [6.45, 7) is 3.91. The Bertz CT molecular complexity index is 814. The molecule has 2 aromatic rings. The normalized spacial score (nSPS) is 16.6. The van der Waals surface area contributed by atoms with Crippen LogP contribution in [0.3, 0.4) is 0 Å². The zero-order valence-corrected chi connectivity index (χ0v) is 13.8. The Balaban J connectivity index is 1.97. The first-order chi connectivity index (χ1) is 12.1. The van der Waals surface area contributed by atoms with Gasteiger partial charge in [0.1, 0.15) is 11.6 Å². The predicted molar refractivity (Wildman–Crippen MR) is 94.7 cm³/mol. The summed E-state index contributed by atoms with van der Waals surface area (Å²) in [7, 11) is 0. The molecule has 0 saturated carbocycles. The van der Waals surface area contributed by atoms with Crippen LogP contribution >= 0.6 is 0 Å². The fourth-order valence-corrected chi connectivity index (χ4v) is 3.07. The Hall–Kier alpha value is -2.75. The molecule has 25 heavy (non-hydrogen) atoms. The van der Waals surface area contributed by atoms with Crippen molar-refractivity contribution < 1.29 is 13.6 Å². The van der Waals surface area contributed by atoms with Crippen LogP contribution in [0.2, 0.25) is 0 Å². The highest BCUT2D eigenvalue weighted by Crippen LogP contribution is 2.36. The van der Waals surface area contributed by atoms with Crippen LogP contribution in [-0.2, 0) is 4.79 Å². The molecular weight excluding hydrogens is 320 g/mol. The Morgan fingerprint density at radius 1 is 1.20 bits per heavy atom. The second-order valence-corrected chi connectivity index (χ2v) is 6.02. The van der Waals surface area contributed by atoms with E-state index >= 15 is 0 Å². The van der Waals surface area contributed by atoms with Crippen molar-refractivity contribution in [1.29, 1.82) is 0 Å². The van der Waals surface area contributed by atoms with Gasteiger partial charge in [-0.3, -0.25) is 4.79 Å². The maximum absolute atomic E-state index is 14.2. The number of benzene rings is 2. The summed E-state index contributed by atoms with van der Waals surface area (Å²) in [5.74, 6) is -1.01. The molecule has 0 saturated heterocycles. The number of carbonyl (C=O) groups is 1. The summed E-state index contributed by atoms with van der Waals surface area (Å²) < 4.78 is 27.7. The Morgan fingerprint density at radius 3 is 2.68 bits per heavy atom. The quantitative estimate of drug-likeness (QED) is 0.710. The lowest BCUT2D eigenvalue weighted by Gasteiger charge is -2.25. The summed E-state index contributed by atoms with van der Waals surface area (Å²) >= 11 is 0. The maximum atomic E-state index is 14.2. The molecule has 1 amide bonds. The van der Waals surface area contributed by atoms with E-state index in [0.29, 0.717) is 18.4 Å². The minimum Gasteiger partial charge on any atom is -0.328 e. The highest BCUT2D eigenvalue weighted by atomic mass is 19.1. The minimum absolute atomic E-state index is 0.0307. The van der Waals surface area contributed by atoms with E-state index in [-0.39, 0.29) is 24.1 Å². The van der Waals surface area contributed by atoms with E-state index in [9.17, 15) is 13.6 Å². The van der Waals surface area contributed by atoms with Gasteiger partial charge in [0.15, 0.2) is 0 Å². The molecule has 0 radical (unpaired) electrons. The molecule has 1 aliphatic heterocycles. The monoisotopic (exact) mass is 339 g/mol. The van der Waals surface area contributed by atoms with Crippen LogP contribution in [-0.4, -0.2) is 17.4 Å². The van der Waals surface area contributed by atoms with E-state index in [4.69, 9.17) is 0 Å². The molecule has 128 valence electrons. The van der Waals surface area contributed by atoms with Crippen molar-refractivity contribution in [1.82, 2.24) is 4.90 Å². The lowest BCUT2D eigenvalue weighted by atomic mass is 10.0. The maximum Gasteiger partial charge on any atom is 0.223 e. The summed E-state index contributed by atoms with van der Waals surface area (Å²) in [6, 6.07) is 12.7. The lowest BCUT2D eigenvalue weighted by molar-refractivity contribution is -0.131. The molecule has 0 unspecified atom stereocenters. The molecule has 0 aliphatic carbocycles. The first kappa shape index (κ1) is 17.1. The topological polar surface area (TPSA) is 20.3 Å². The van der Waals surface area contributed by atoms with Crippen molar-refractivity contribution in [3.05, 3.63) is 90.0 Å². The Kier molecular flexibility index (Phi) is 5.08. The van der Waals surface area contributed by atoms with Gasteiger partial charge in [0.05, 0.1) is 6.04 Å². The summed E-state index contributed by atoms with van der Waals surface area (Å²) in [6.07, 6.45) is 4.48. The molecule has 2 aromatic carbocycles. The molecule has 0 spiro atoms. The SMILES string of the molecule is C=CCCC(=O)N1CC(c2cc(F)ccc2F)=C[C@H]1c1ccccc1. The van der Waals surface area contributed by atoms with E-state index < -0.39 is 11.6 Å². The van der Waals surface area contributed by atoms with Crippen LogP contribution < -0.4 is 0 Å². The zero-order valence-electron chi connectivity index (χ0n) is 13.8. The van der Waals surface area contributed by atoms with Crippen molar-refractivity contribution in [3.8, 4) is 0 Å². The Morgan fingerprint density at radius 2 is 1.96 bits per heavy atom. The average molecular weight is 339 g/mol. The standard InChI is InChI=1S/C21H19F2NO/c1-2-3-9-21(25)24-14-16(18-13-17(22)10-11-19(18)23)12-20(24)15-7-5-4-6-8-15/h2,4-8,10-13,20H,1,3,9,14H2/t20-/m0/s1. The van der Waals surface area contributed by atoms with Gasteiger partial charge in [0.25, 0.3) is 0 Å². The number of nitrogens with zero attached hydrogens (tertiary/aromatic N) is 1. The highest BCUT2D eigenvalue weighted by molar-refractivity contribution is 5.83.